The molecule has 0 aromatic heterocycles. The number of guanidine groups is 1. The molecule has 0 spiro atoms. The topological polar surface area (TPSA) is 82.8 Å². The van der Waals surface area contributed by atoms with Crippen LogP contribution in [0, 0.1) is 0 Å². The Morgan fingerprint density at radius 2 is 2.04 bits per heavy atom. The van der Waals surface area contributed by atoms with Gasteiger partial charge < -0.3 is 16.4 Å². The SMILES string of the molecule is CCN1CCCC1CN=C(N)NCCNC(=O)c1ccc(Cl)cc1. The van der Waals surface area contributed by atoms with Gasteiger partial charge in [0, 0.05) is 29.7 Å². The first-order valence-corrected chi connectivity index (χ1v) is 8.79. The van der Waals surface area contributed by atoms with Gasteiger partial charge in [0.05, 0.1) is 6.54 Å². The molecule has 1 atom stereocenters. The van der Waals surface area contributed by atoms with Crippen molar-refractivity contribution < 1.29 is 4.79 Å². The Kier molecular flexibility index (Phi) is 7.34. The highest BCUT2D eigenvalue weighted by Crippen LogP contribution is 2.16. The number of likely N-dealkylation sites (N-methyl/N-ethyl adjacent to an activating group) is 1. The van der Waals surface area contributed by atoms with Crippen LogP contribution in [0.25, 0.3) is 0 Å². The van der Waals surface area contributed by atoms with E-state index in [-0.39, 0.29) is 5.91 Å². The van der Waals surface area contributed by atoms with Gasteiger partial charge in [0.15, 0.2) is 5.96 Å². The molecule has 0 saturated carbocycles. The van der Waals surface area contributed by atoms with Crippen LogP contribution in [0.4, 0.5) is 0 Å². The summed E-state index contributed by atoms with van der Waals surface area (Å²) in [6.45, 7) is 6.13. The fraction of sp³-hybridized carbons (Fsp3) is 0.529. The molecule has 1 aliphatic heterocycles. The predicted octanol–water partition coefficient (Wildman–Crippen LogP) is 1.46. The van der Waals surface area contributed by atoms with Crippen molar-refractivity contribution in [1.82, 2.24) is 15.5 Å². The predicted molar refractivity (Wildman–Crippen MR) is 98.5 cm³/mol. The highest BCUT2D eigenvalue weighted by molar-refractivity contribution is 6.30. The zero-order valence-corrected chi connectivity index (χ0v) is 14.9. The van der Waals surface area contributed by atoms with Gasteiger partial charge in [-0.1, -0.05) is 18.5 Å². The van der Waals surface area contributed by atoms with Gasteiger partial charge in [0.2, 0.25) is 0 Å². The van der Waals surface area contributed by atoms with Gasteiger partial charge in [-0.25, -0.2) is 0 Å². The van der Waals surface area contributed by atoms with E-state index in [0.29, 0.717) is 35.7 Å². The molecule has 6 nitrogen and oxygen atoms in total. The summed E-state index contributed by atoms with van der Waals surface area (Å²) in [7, 11) is 0. The van der Waals surface area contributed by atoms with Gasteiger partial charge >= 0.3 is 0 Å². The molecule has 1 unspecified atom stereocenters. The molecular formula is C17H26ClN5O. The molecule has 0 radical (unpaired) electrons. The molecule has 132 valence electrons. The van der Waals surface area contributed by atoms with E-state index < -0.39 is 0 Å². The number of nitrogens with zero attached hydrogens (tertiary/aromatic N) is 2. The van der Waals surface area contributed by atoms with E-state index in [2.05, 4.69) is 27.4 Å². The van der Waals surface area contributed by atoms with Crippen LogP contribution < -0.4 is 16.4 Å². The third-order valence-electron chi connectivity index (χ3n) is 4.20. The summed E-state index contributed by atoms with van der Waals surface area (Å²) in [6.07, 6.45) is 2.42. The van der Waals surface area contributed by atoms with Gasteiger partial charge in [-0.05, 0) is 50.2 Å². The van der Waals surface area contributed by atoms with Crippen molar-refractivity contribution in [2.45, 2.75) is 25.8 Å². The van der Waals surface area contributed by atoms with Gasteiger partial charge in [0.25, 0.3) is 5.91 Å². The van der Waals surface area contributed by atoms with Crippen LogP contribution in [0.1, 0.15) is 30.1 Å². The van der Waals surface area contributed by atoms with Crippen LogP contribution in [-0.2, 0) is 0 Å². The maximum Gasteiger partial charge on any atom is 0.251 e. The van der Waals surface area contributed by atoms with Crippen LogP contribution in [0.3, 0.4) is 0 Å². The van der Waals surface area contributed by atoms with E-state index >= 15 is 0 Å². The second-order valence-corrected chi connectivity index (χ2v) is 6.28. The van der Waals surface area contributed by atoms with Crippen molar-refractivity contribution in [2.75, 3.05) is 32.7 Å². The molecule has 1 heterocycles. The summed E-state index contributed by atoms with van der Waals surface area (Å²) in [6, 6.07) is 7.29. The molecule has 1 aromatic rings. The van der Waals surface area contributed by atoms with E-state index in [4.69, 9.17) is 17.3 Å². The maximum atomic E-state index is 11.9. The van der Waals surface area contributed by atoms with E-state index in [9.17, 15) is 4.79 Å². The first-order valence-electron chi connectivity index (χ1n) is 8.41. The number of hydrogen-bond donors (Lipinski definition) is 3. The molecular weight excluding hydrogens is 326 g/mol. The number of likely N-dealkylation sites (tertiary alicyclic amines) is 1. The Morgan fingerprint density at radius 1 is 1.33 bits per heavy atom. The standard InChI is InChI=1S/C17H26ClN5O/c1-2-23-11-3-4-15(23)12-22-17(19)21-10-9-20-16(24)13-5-7-14(18)8-6-13/h5-8,15H,2-4,9-12H2,1H3,(H,20,24)(H3,19,21,22). The molecule has 1 aliphatic rings. The number of hydrogen-bond acceptors (Lipinski definition) is 3. The van der Waals surface area contributed by atoms with Crippen LogP contribution in [0.15, 0.2) is 29.3 Å². The Bertz CT molecular complexity index is 561. The lowest BCUT2D eigenvalue weighted by Gasteiger charge is -2.20. The molecule has 1 saturated heterocycles. The van der Waals surface area contributed by atoms with Crippen molar-refractivity contribution in [3.63, 3.8) is 0 Å². The molecule has 1 aromatic carbocycles. The lowest BCUT2D eigenvalue weighted by Crippen LogP contribution is -2.39. The number of carbonyl (C=O) groups excluding carboxylic acids is 1. The normalized spacial score (nSPS) is 18.6. The second-order valence-electron chi connectivity index (χ2n) is 5.84. The summed E-state index contributed by atoms with van der Waals surface area (Å²) >= 11 is 5.80. The lowest BCUT2D eigenvalue weighted by atomic mass is 10.2. The van der Waals surface area contributed by atoms with Crippen molar-refractivity contribution in [2.24, 2.45) is 10.7 Å². The van der Waals surface area contributed by atoms with Crippen molar-refractivity contribution in [3.05, 3.63) is 34.9 Å². The van der Waals surface area contributed by atoms with E-state index in [0.717, 1.165) is 19.6 Å². The average Bonchev–Trinajstić information content (AvgIpc) is 3.05. The first-order chi connectivity index (χ1) is 11.6. The number of amides is 1. The molecule has 0 bridgehead atoms. The van der Waals surface area contributed by atoms with Crippen LogP contribution in [-0.4, -0.2) is 55.5 Å². The third kappa shape index (κ3) is 5.69. The summed E-state index contributed by atoms with van der Waals surface area (Å²) in [4.78, 5) is 18.8. The minimum atomic E-state index is -0.131. The smallest absolute Gasteiger partial charge is 0.251 e. The Balaban J connectivity index is 1.65. The number of aliphatic imine (C=N–C) groups is 1. The number of carbonyl (C=O) groups is 1. The van der Waals surface area contributed by atoms with Crippen molar-refractivity contribution >= 4 is 23.5 Å². The molecule has 1 fully saturated rings. The fourth-order valence-corrected chi connectivity index (χ4v) is 2.97. The molecule has 7 heteroatoms. The van der Waals surface area contributed by atoms with Crippen LogP contribution >= 0.6 is 11.6 Å². The van der Waals surface area contributed by atoms with Crippen molar-refractivity contribution in [3.8, 4) is 0 Å². The van der Waals surface area contributed by atoms with Crippen LogP contribution in [0.2, 0.25) is 5.02 Å². The quantitative estimate of drug-likeness (QED) is 0.394. The number of nitrogens with one attached hydrogen (secondary N) is 2. The Labute approximate surface area is 148 Å². The summed E-state index contributed by atoms with van der Waals surface area (Å²) in [5, 5.41) is 6.46. The third-order valence-corrected chi connectivity index (χ3v) is 4.45. The second kappa shape index (κ2) is 9.49. The molecule has 2 rings (SSSR count). The van der Waals surface area contributed by atoms with E-state index in [1.807, 2.05) is 0 Å². The fourth-order valence-electron chi connectivity index (χ4n) is 2.85. The van der Waals surface area contributed by atoms with Crippen molar-refractivity contribution in [1.29, 1.82) is 0 Å². The highest BCUT2D eigenvalue weighted by Gasteiger charge is 2.22. The molecule has 4 N–H and O–H groups in total. The summed E-state index contributed by atoms with van der Waals surface area (Å²) < 4.78 is 0. The van der Waals surface area contributed by atoms with Gasteiger partial charge in [-0.3, -0.25) is 14.7 Å². The number of rotatable bonds is 7. The number of nitrogens with two attached hydrogens (primary N) is 1. The van der Waals surface area contributed by atoms with Crippen LogP contribution in [0.5, 0.6) is 0 Å². The lowest BCUT2D eigenvalue weighted by molar-refractivity contribution is 0.0954. The van der Waals surface area contributed by atoms with Gasteiger partial charge in [-0.15, -0.1) is 0 Å². The first kappa shape index (κ1) is 18.5. The summed E-state index contributed by atoms with van der Waals surface area (Å²) in [5.41, 5.74) is 6.46. The highest BCUT2D eigenvalue weighted by atomic mass is 35.5. The minimum absolute atomic E-state index is 0.131. The molecule has 24 heavy (non-hydrogen) atoms. The Morgan fingerprint density at radius 3 is 2.75 bits per heavy atom. The summed E-state index contributed by atoms with van der Waals surface area (Å²) in [5.74, 6) is 0.298. The monoisotopic (exact) mass is 351 g/mol. The zero-order chi connectivity index (χ0) is 17.4. The zero-order valence-electron chi connectivity index (χ0n) is 14.1. The van der Waals surface area contributed by atoms with Gasteiger partial charge in [0.1, 0.15) is 0 Å². The number of benzene rings is 1. The maximum absolute atomic E-state index is 11.9. The number of halogens is 1. The Hall–Kier alpha value is -1.79. The van der Waals surface area contributed by atoms with E-state index in [1.54, 1.807) is 24.3 Å². The minimum Gasteiger partial charge on any atom is -0.370 e. The van der Waals surface area contributed by atoms with E-state index in [1.165, 1.54) is 12.8 Å². The molecule has 1 amide bonds. The average molecular weight is 352 g/mol. The largest absolute Gasteiger partial charge is 0.370 e. The molecule has 0 aliphatic carbocycles. The van der Waals surface area contributed by atoms with Gasteiger partial charge in [-0.2, -0.15) is 0 Å².